The topological polar surface area (TPSA) is 25.8 Å². The van der Waals surface area contributed by atoms with Gasteiger partial charge < -0.3 is 0 Å². The zero-order chi connectivity index (χ0) is 9.97. The molecule has 0 aliphatic carbocycles. The van der Waals surface area contributed by atoms with Gasteiger partial charge in [0.25, 0.3) is 0 Å². The summed E-state index contributed by atoms with van der Waals surface area (Å²) in [5.41, 5.74) is 1.84. The van der Waals surface area contributed by atoms with Gasteiger partial charge in [-0.15, -0.1) is 0 Å². The molecule has 0 spiro atoms. The highest BCUT2D eigenvalue weighted by atomic mass is 79.9. The second-order valence-corrected chi connectivity index (χ2v) is 3.87. The number of hydrogen-bond donors (Lipinski definition) is 0. The fourth-order valence-electron chi connectivity index (χ4n) is 1.14. The summed E-state index contributed by atoms with van der Waals surface area (Å²) in [6.07, 6.45) is 1.70. The fourth-order valence-corrected chi connectivity index (χ4v) is 1.64. The lowest BCUT2D eigenvalue weighted by atomic mass is 10.1. The van der Waals surface area contributed by atoms with Crippen molar-refractivity contribution in [1.29, 1.82) is 0 Å². The van der Waals surface area contributed by atoms with E-state index in [1.165, 1.54) is 0 Å². The average molecular weight is 270 g/mol. The molecule has 0 saturated heterocycles. The summed E-state index contributed by atoms with van der Waals surface area (Å²) < 4.78 is 0.579. The van der Waals surface area contributed by atoms with Crippen molar-refractivity contribution in [3.63, 3.8) is 0 Å². The van der Waals surface area contributed by atoms with Gasteiger partial charge in [-0.25, -0.2) is 9.97 Å². The summed E-state index contributed by atoms with van der Waals surface area (Å²) in [5, 5.41) is 0.706. The molecule has 0 N–H and O–H groups in total. The van der Waals surface area contributed by atoms with Crippen LogP contribution in [0, 0.1) is 0 Å². The summed E-state index contributed by atoms with van der Waals surface area (Å²) in [6, 6.07) is 9.41. The summed E-state index contributed by atoms with van der Waals surface area (Å²) in [4.78, 5) is 8.19. The second kappa shape index (κ2) is 4.07. The Hall–Kier alpha value is -0.930. The number of halogens is 2. The van der Waals surface area contributed by atoms with Crippen molar-refractivity contribution in [2.24, 2.45) is 0 Å². The van der Waals surface area contributed by atoms with E-state index in [9.17, 15) is 0 Å². The minimum Gasteiger partial charge on any atom is -0.231 e. The lowest BCUT2D eigenvalue weighted by Gasteiger charge is -2.00. The molecule has 0 saturated carbocycles. The molecule has 0 atom stereocenters. The molecule has 70 valence electrons. The first kappa shape index (κ1) is 9.62. The molecule has 4 heteroatoms. The Morgan fingerprint density at radius 2 is 2.07 bits per heavy atom. The Labute approximate surface area is 95.1 Å². The van der Waals surface area contributed by atoms with Crippen LogP contribution >= 0.6 is 27.5 Å². The van der Waals surface area contributed by atoms with Crippen molar-refractivity contribution >= 4 is 27.5 Å². The van der Waals surface area contributed by atoms with E-state index in [0.717, 1.165) is 11.3 Å². The zero-order valence-corrected chi connectivity index (χ0v) is 9.46. The van der Waals surface area contributed by atoms with Crippen LogP contribution in [0.25, 0.3) is 11.3 Å². The van der Waals surface area contributed by atoms with Gasteiger partial charge in [-0.05, 0) is 34.1 Å². The van der Waals surface area contributed by atoms with Crippen LogP contribution in [-0.2, 0) is 0 Å². The van der Waals surface area contributed by atoms with E-state index in [-0.39, 0.29) is 0 Å². The van der Waals surface area contributed by atoms with Gasteiger partial charge in [0.15, 0.2) is 4.73 Å². The molecular formula is C10H6BrClN2. The van der Waals surface area contributed by atoms with Crippen LogP contribution in [0.1, 0.15) is 0 Å². The van der Waals surface area contributed by atoms with Gasteiger partial charge in [0.1, 0.15) is 0 Å². The van der Waals surface area contributed by atoms with Crippen LogP contribution in [0.5, 0.6) is 0 Å². The van der Waals surface area contributed by atoms with Crippen molar-refractivity contribution < 1.29 is 0 Å². The molecule has 0 bridgehead atoms. The summed E-state index contributed by atoms with van der Waals surface area (Å²) in [5.74, 6) is 0. The lowest BCUT2D eigenvalue weighted by molar-refractivity contribution is 1.12. The molecule has 2 aromatic rings. The molecule has 1 aromatic heterocycles. The molecule has 1 aromatic carbocycles. The molecule has 0 unspecified atom stereocenters. The van der Waals surface area contributed by atoms with Crippen molar-refractivity contribution in [2.75, 3.05) is 0 Å². The van der Waals surface area contributed by atoms with E-state index in [0.29, 0.717) is 9.76 Å². The lowest BCUT2D eigenvalue weighted by Crippen LogP contribution is -1.86. The Morgan fingerprint density at radius 1 is 1.21 bits per heavy atom. The highest BCUT2D eigenvalue weighted by Crippen LogP contribution is 2.21. The van der Waals surface area contributed by atoms with Crippen LogP contribution in [0.4, 0.5) is 0 Å². The van der Waals surface area contributed by atoms with Crippen molar-refractivity contribution in [2.45, 2.75) is 0 Å². The Bertz CT molecular complexity index is 416. The first-order valence-electron chi connectivity index (χ1n) is 4.00. The summed E-state index contributed by atoms with van der Waals surface area (Å²) in [7, 11) is 0. The highest BCUT2D eigenvalue weighted by molar-refractivity contribution is 9.10. The van der Waals surface area contributed by atoms with E-state index >= 15 is 0 Å². The van der Waals surface area contributed by atoms with Gasteiger partial charge in [-0.1, -0.05) is 23.7 Å². The summed E-state index contributed by atoms with van der Waals surface area (Å²) in [6.45, 7) is 0. The monoisotopic (exact) mass is 268 g/mol. The Balaban J connectivity index is 2.49. The third-order valence-electron chi connectivity index (χ3n) is 1.75. The maximum Gasteiger partial charge on any atom is 0.197 e. The Kier molecular flexibility index (Phi) is 2.79. The maximum atomic E-state index is 5.88. The standard InChI is InChI=1S/C10H6BrClN2/c11-10-13-5-4-9(14-10)7-2-1-3-8(12)6-7/h1-6H. The molecular weight excluding hydrogens is 263 g/mol. The normalized spacial score (nSPS) is 10.1. The third-order valence-corrected chi connectivity index (χ3v) is 2.36. The average Bonchev–Trinajstić information content (AvgIpc) is 2.18. The molecule has 0 radical (unpaired) electrons. The molecule has 1 heterocycles. The highest BCUT2D eigenvalue weighted by Gasteiger charge is 2.00. The van der Waals surface area contributed by atoms with Crippen molar-refractivity contribution in [3.8, 4) is 11.3 Å². The fraction of sp³-hybridized carbons (Fsp3) is 0. The van der Waals surface area contributed by atoms with E-state index in [1.54, 1.807) is 6.20 Å². The van der Waals surface area contributed by atoms with Crippen molar-refractivity contribution in [1.82, 2.24) is 9.97 Å². The summed E-state index contributed by atoms with van der Waals surface area (Å²) >= 11 is 9.10. The zero-order valence-electron chi connectivity index (χ0n) is 7.11. The van der Waals surface area contributed by atoms with E-state index in [1.807, 2.05) is 30.3 Å². The van der Waals surface area contributed by atoms with Gasteiger partial charge in [0.05, 0.1) is 5.69 Å². The number of rotatable bonds is 1. The molecule has 0 aliphatic heterocycles. The Morgan fingerprint density at radius 3 is 2.79 bits per heavy atom. The van der Waals surface area contributed by atoms with E-state index < -0.39 is 0 Å². The third kappa shape index (κ3) is 2.11. The molecule has 0 aliphatic rings. The second-order valence-electron chi connectivity index (χ2n) is 2.72. The first-order chi connectivity index (χ1) is 6.75. The van der Waals surface area contributed by atoms with Crippen LogP contribution in [0.2, 0.25) is 5.02 Å². The van der Waals surface area contributed by atoms with E-state index in [4.69, 9.17) is 11.6 Å². The van der Waals surface area contributed by atoms with Gasteiger partial charge in [-0.3, -0.25) is 0 Å². The number of aromatic nitrogens is 2. The van der Waals surface area contributed by atoms with Crippen LogP contribution < -0.4 is 0 Å². The predicted molar refractivity (Wildman–Crippen MR) is 60.2 cm³/mol. The van der Waals surface area contributed by atoms with E-state index in [2.05, 4.69) is 25.9 Å². The first-order valence-corrected chi connectivity index (χ1v) is 5.17. The largest absolute Gasteiger partial charge is 0.231 e. The SMILES string of the molecule is Clc1cccc(-c2ccnc(Br)n2)c1. The maximum absolute atomic E-state index is 5.88. The van der Waals surface area contributed by atoms with Gasteiger partial charge in [0, 0.05) is 16.8 Å². The van der Waals surface area contributed by atoms with Crippen LogP contribution in [0.3, 0.4) is 0 Å². The molecule has 14 heavy (non-hydrogen) atoms. The van der Waals surface area contributed by atoms with Crippen molar-refractivity contribution in [3.05, 3.63) is 46.3 Å². The minimum atomic E-state index is 0.579. The minimum absolute atomic E-state index is 0.579. The quantitative estimate of drug-likeness (QED) is 0.740. The molecule has 0 amide bonds. The number of hydrogen-bond acceptors (Lipinski definition) is 2. The van der Waals surface area contributed by atoms with Crippen LogP contribution in [0.15, 0.2) is 41.3 Å². The molecule has 2 nitrogen and oxygen atoms in total. The van der Waals surface area contributed by atoms with Gasteiger partial charge >= 0.3 is 0 Å². The predicted octanol–water partition coefficient (Wildman–Crippen LogP) is 3.56. The van der Waals surface area contributed by atoms with Crippen LogP contribution in [-0.4, -0.2) is 9.97 Å². The number of nitrogens with zero attached hydrogens (tertiary/aromatic N) is 2. The molecule has 2 rings (SSSR count). The smallest absolute Gasteiger partial charge is 0.197 e. The molecule has 0 fully saturated rings. The van der Waals surface area contributed by atoms with Gasteiger partial charge in [-0.2, -0.15) is 0 Å². The number of benzene rings is 1. The van der Waals surface area contributed by atoms with Gasteiger partial charge in [0.2, 0.25) is 0 Å².